The number of hydrogen-bond acceptors (Lipinski definition) is 4. The highest BCUT2D eigenvalue weighted by atomic mass is 32.1. The smallest absolute Gasteiger partial charge is 0.209 e. The molecular weight excluding hydrogens is 355 g/mol. The molecule has 3 rings (SSSR count). The summed E-state index contributed by atoms with van der Waals surface area (Å²) in [5.74, 6) is -0.213. The van der Waals surface area contributed by atoms with Gasteiger partial charge in [0.2, 0.25) is 5.13 Å². The Bertz CT molecular complexity index is 885. The normalized spacial score (nSPS) is 12.1. The summed E-state index contributed by atoms with van der Waals surface area (Å²) >= 11 is 6.88. The highest BCUT2D eigenvalue weighted by Crippen LogP contribution is 2.20. The summed E-state index contributed by atoms with van der Waals surface area (Å²) in [5, 5.41) is 8.63. The van der Waals surface area contributed by atoms with E-state index in [-0.39, 0.29) is 5.82 Å². The Kier molecular flexibility index (Phi) is 5.57. The molecule has 0 spiro atoms. The third kappa shape index (κ3) is 4.94. The Morgan fingerprint density at radius 2 is 1.84 bits per heavy atom. The van der Waals surface area contributed by atoms with Gasteiger partial charge < -0.3 is 10.2 Å². The number of benzene rings is 2. The molecule has 2 aromatic carbocycles. The summed E-state index contributed by atoms with van der Waals surface area (Å²) in [7, 11) is 2.07. The molecule has 4 nitrogen and oxygen atoms in total. The van der Waals surface area contributed by atoms with E-state index in [4.69, 9.17) is 12.2 Å². The molecule has 2 N–H and O–H groups in total. The number of aryl methyl sites for hydroxylation is 1. The molecule has 0 saturated heterocycles. The fourth-order valence-corrected chi connectivity index (χ4v) is 3.51. The van der Waals surface area contributed by atoms with Crippen molar-refractivity contribution in [3.63, 3.8) is 0 Å². The van der Waals surface area contributed by atoms with E-state index < -0.39 is 0 Å². The van der Waals surface area contributed by atoms with Gasteiger partial charge >= 0.3 is 0 Å². The lowest BCUT2D eigenvalue weighted by Crippen LogP contribution is -3.07. The van der Waals surface area contributed by atoms with Crippen LogP contribution >= 0.6 is 23.6 Å². The van der Waals surface area contributed by atoms with E-state index in [1.807, 2.05) is 28.9 Å². The van der Waals surface area contributed by atoms with Crippen LogP contribution in [0.4, 0.5) is 15.2 Å². The lowest BCUT2D eigenvalue weighted by atomic mass is 10.2. The van der Waals surface area contributed by atoms with Crippen LogP contribution in [0.15, 0.2) is 48.5 Å². The Morgan fingerprint density at radius 1 is 1.16 bits per heavy atom. The zero-order valence-corrected chi connectivity index (χ0v) is 15.8. The van der Waals surface area contributed by atoms with Crippen molar-refractivity contribution in [2.24, 2.45) is 0 Å². The summed E-state index contributed by atoms with van der Waals surface area (Å²) in [5.41, 5.74) is 3.29. The number of nitrogens with zero attached hydrogens (tertiary/aromatic N) is 2. The second-order valence-electron chi connectivity index (χ2n) is 6.08. The number of rotatable bonds is 6. The third-order valence-corrected chi connectivity index (χ3v) is 4.97. The monoisotopic (exact) mass is 375 g/mol. The van der Waals surface area contributed by atoms with E-state index in [2.05, 4.69) is 36.5 Å². The molecule has 0 amide bonds. The third-order valence-electron chi connectivity index (χ3n) is 3.75. The molecule has 1 atom stereocenters. The molecular formula is C18H20FN4S2+. The van der Waals surface area contributed by atoms with Crippen molar-refractivity contribution in [1.82, 2.24) is 9.78 Å². The van der Waals surface area contributed by atoms with Crippen molar-refractivity contribution in [2.45, 2.75) is 20.1 Å². The van der Waals surface area contributed by atoms with Crippen LogP contribution in [-0.2, 0) is 13.2 Å². The number of aromatic nitrogens is 2. The maximum atomic E-state index is 13.0. The first-order valence-electron chi connectivity index (χ1n) is 7.97. The predicted octanol–water partition coefficient (Wildman–Crippen LogP) is 3.54. The van der Waals surface area contributed by atoms with Gasteiger partial charge in [0.05, 0.1) is 7.05 Å². The van der Waals surface area contributed by atoms with Crippen molar-refractivity contribution >= 4 is 34.4 Å². The van der Waals surface area contributed by atoms with Gasteiger partial charge in [0.15, 0.2) is 10.6 Å². The van der Waals surface area contributed by atoms with Gasteiger partial charge in [0.1, 0.15) is 12.4 Å². The minimum atomic E-state index is -0.213. The molecule has 0 fully saturated rings. The highest BCUT2D eigenvalue weighted by molar-refractivity contribution is 7.73. The lowest BCUT2D eigenvalue weighted by Gasteiger charge is -2.13. The molecule has 1 unspecified atom stereocenters. The summed E-state index contributed by atoms with van der Waals surface area (Å²) in [6.45, 7) is 3.49. The molecule has 0 bridgehead atoms. The van der Waals surface area contributed by atoms with Crippen LogP contribution in [0, 0.1) is 16.7 Å². The summed E-state index contributed by atoms with van der Waals surface area (Å²) < 4.78 is 15.5. The topological polar surface area (TPSA) is 34.3 Å². The molecule has 0 saturated carbocycles. The van der Waals surface area contributed by atoms with E-state index in [0.29, 0.717) is 6.67 Å². The number of halogens is 1. The lowest BCUT2D eigenvalue weighted by molar-refractivity contribution is -0.917. The summed E-state index contributed by atoms with van der Waals surface area (Å²) in [4.78, 5) is 1.22. The van der Waals surface area contributed by atoms with E-state index in [9.17, 15) is 4.39 Å². The van der Waals surface area contributed by atoms with Gasteiger partial charge in [0.25, 0.3) is 0 Å². The standard InChI is InChI=1S/C18H19FN4S2/c1-13-3-9-16(10-4-13)20-17-21-23(18(24)25-17)12-22(2)11-14-5-7-15(19)8-6-14/h3-10H,11-12H2,1-2H3,(H,20,21)/p+1. The predicted molar refractivity (Wildman–Crippen MR) is 102 cm³/mol. The van der Waals surface area contributed by atoms with Gasteiger partial charge in [-0.2, -0.15) is 4.68 Å². The first kappa shape index (κ1) is 17.7. The van der Waals surface area contributed by atoms with Gasteiger partial charge in [-0.1, -0.05) is 41.2 Å². The van der Waals surface area contributed by atoms with Crippen LogP contribution in [0.5, 0.6) is 0 Å². The van der Waals surface area contributed by atoms with Crippen molar-refractivity contribution in [1.29, 1.82) is 0 Å². The van der Waals surface area contributed by atoms with E-state index in [1.54, 1.807) is 0 Å². The van der Waals surface area contributed by atoms with Crippen molar-refractivity contribution in [2.75, 3.05) is 12.4 Å². The maximum Gasteiger partial charge on any atom is 0.209 e. The fraction of sp³-hybridized carbons (Fsp3) is 0.222. The van der Waals surface area contributed by atoms with Crippen LogP contribution in [0.3, 0.4) is 0 Å². The van der Waals surface area contributed by atoms with Gasteiger partial charge in [0, 0.05) is 11.3 Å². The van der Waals surface area contributed by atoms with E-state index in [1.165, 1.54) is 33.9 Å². The largest absolute Gasteiger partial charge is 0.330 e. The van der Waals surface area contributed by atoms with Gasteiger partial charge in [-0.3, -0.25) is 0 Å². The Morgan fingerprint density at radius 3 is 2.52 bits per heavy atom. The van der Waals surface area contributed by atoms with Crippen LogP contribution in [0.1, 0.15) is 11.1 Å². The molecule has 0 aliphatic heterocycles. The Balaban J connectivity index is 1.64. The molecule has 1 aromatic heterocycles. The molecule has 0 radical (unpaired) electrons. The maximum absolute atomic E-state index is 13.0. The highest BCUT2D eigenvalue weighted by Gasteiger charge is 2.10. The summed E-state index contributed by atoms with van der Waals surface area (Å²) in [6, 6.07) is 14.7. The average Bonchev–Trinajstić information content (AvgIpc) is 2.91. The Labute approximate surface area is 155 Å². The van der Waals surface area contributed by atoms with Crippen molar-refractivity contribution < 1.29 is 9.29 Å². The van der Waals surface area contributed by atoms with Gasteiger partial charge in [-0.15, -0.1) is 5.10 Å². The second-order valence-corrected chi connectivity index (χ2v) is 7.70. The van der Waals surface area contributed by atoms with Crippen LogP contribution < -0.4 is 10.2 Å². The minimum Gasteiger partial charge on any atom is -0.330 e. The van der Waals surface area contributed by atoms with Gasteiger partial charge in [-0.25, -0.2) is 4.39 Å². The van der Waals surface area contributed by atoms with Gasteiger partial charge in [-0.05, 0) is 43.4 Å². The number of nitrogens with one attached hydrogen (secondary N) is 2. The second kappa shape index (κ2) is 7.86. The van der Waals surface area contributed by atoms with Crippen LogP contribution in [-0.4, -0.2) is 16.8 Å². The quantitative estimate of drug-likeness (QED) is 0.647. The van der Waals surface area contributed by atoms with E-state index >= 15 is 0 Å². The molecule has 130 valence electrons. The Hall–Kier alpha value is -2.09. The number of hydrogen-bond donors (Lipinski definition) is 2. The molecule has 0 aliphatic carbocycles. The molecule has 25 heavy (non-hydrogen) atoms. The first-order chi connectivity index (χ1) is 12.0. The fourth-order valence-electron chi connectivity index (χ4n) is 2.48. The molecule has 0 aliphatic rings. The molecule has 3 aromatic rings. The summed E-state index contributed by atoms with van der Waals surface area (Å²) in [6.07, 6.45) is 0. The number of quaternary nitrogens is 1. The zero-order chi connectivity index (χ0) is 17.8. The SMILES string of the molecule is Cc1ccc(Nc2nn(C[NH+](C)Cc3ccc(F)cc3)c(=S)s2)cc1. The zero-order valence-electron chi connectivity index (χ0n) is 14.1. The van der Waals surface area contributed by atoms with Crippen LogP contribution in [0.2, 0.25) is 0 Å². The minimum absolute atomic E-state index is 0.213. The number of anilines is 2. The molecule has 1 heterocycles. The van der Waals surface area contributed by atoms with Crippen molar-refractivity contribution in [3.05, 3.63) is 69.4 Å². The van der Waals surface area contributed by atoms with E-state index in [0.717, 1.165) is 26.9 Å². The first-order valence-corrected chi connectivity index (χ1v) is 9.19. The van der Waals surface area contributed by atoms with Crippen LogP contribution in [0.25, 0.3) is 0 Å². The molecule has 7 heteroatoms. The average molecular weight is 376 g/mol. The van der Waals surface area contributed by atoms with Crippen molar-refractivity contribution in [3.8, 4) is 0 Å².